The Hall–Kier alpha value is -2.43. The molecule has 0 amide bonds. The second kappa shape index (κ2) is 3.53. The number of para-hydroxylation sites is 1. The zero-order valence-electron chi connectivity index (χ0n) is 9.50. The van der Waals surface area contributed by atoms with E-state index in [4.69, 9.17) is 4.74 Å². The zero-order chi connectivity index (χ0) is 11.9. The van der Waals surface area contributed by atoms with Crippen LogP contribution in [0.3, 0.4) is 0 Å². The van der Waals surface area contributed by atoms with E-state index in [0.717, 1.165) is 17.1 Å². The minimum atomic E-state index is 0.149. The summed E-state index contributed by atoms with van der Waals surface area (Å²) < 4.78 is 5.67. The number of fused-ring (bicyclic) bond motifs is 2. The van der Waals surface area contributed by atoms with E-state index in [-0.39, 0.29) is 5.92 Å². The minimum Gasteiger partial charge on any atom is -0.492 e. The van der Waals surface area contributed by atoms with Crippen LogP contribution < -0.4 is 4.74 Å². The van der Waals surface area contributed by atoms with Crippen molar-refractivity contribution >= 4 is 11.2 Å². The molecular weight excluding hydrogens is 228 g/mol. The number of ether oxygens (including phenoxy) is 1. The average molecular weight is 238 g/mol. The van der Waals surface area contributed by atoms with Crippen LogP contribution in [0.4, 0.5) is 0 Å². The van der Waals surface area contributed by atoms with Crippen molar-refractivity contribution in [2.45, 2.75) is 5.92 Å². The molecule has 1 N–H and O–H groups in total. The summed E-state index contributed by atoms with van der Waals surface area (Å²) >= 11 is 0. The second-order valence-electron chi connectivity index (χ2n) is 4.28. The summed E-state index contributed by atoms with van der Waals surface area (Å²) in [6, 6.07) is 8.05. The zero-order valence-corrected chi connectivity index (χ0v) is 9.50. The lowest BCUT2D eigenvalue weighted by atomic mass is 10.0. The van der Waals surface area contributed by atoms with Crippen LogP contribution in [0.5, 0.6) is 5.75 Å². The van der Waals surface area contributed by atoms with E-state index in [9.17, 15) is 0 Å². The van der Waals surface area contributed by atoms with Gasteiger partial charge in [-0.05, 0) is 6.07 Å². The molecule has 3 heterocycles. The van der Waals surface area contributed by atoms with Crippen molar-refractivity contribution in [3.8, 4) is 5.75 Å². The highest BCUT2D eigenvalue weighted by Crippen LogP contribution is 2.36. The summed E-state index contributed by atoms with van der Waals surface area (Å²) in [5, 5.41) is 0. The van der Waals surface area contributed by atoms with Crippen LogP contribution in [-0.2, 0) is 0 Å². The number of rotatable bonds is 1. The SMILES string of the molecule is c1ccc2c(c1)OCC2c1nc2ncncc2[nH]1. The average Bonchev–Trinajstić information content (AvgIpc) is 3.02. The van der Waals surface area contributed by atoms with Gasteiger partial charge in [0.15, 0.2) is 5.65 Å². The standard InChI is InChI=1S/C13H10N4O/c1-2-4-11-8(3-1)9(6-18-11)12-16-10-5-14-7-15-13(10)17-12/h1-5,7,9H,6H2,(H,14,15,16,17). The number of aromatic amines is 1. The molecule has 1 unspecified atom stereocenters. The van der Waals surface area contributed by atoms with Crippen molar-refractivity contribution in [2.24, 2.45) is 0 Å². The molecule has 5 heteroatoms. The van der Waals surface area contributed by atoms with E-state index in [0.29, 0.717) is 12.3 Å². The Morgan fingerprint density at radius 2 is 2.22 bits per heavy atom. The normalized spacial score (nSPS) is 17.7. The van der Waals surface area contributed by atoms with Gasteiger partial charge in [-0.2, -0.15) is 0 Å². The quantitative estimate of drug-likeness (QED) is 0.703. The molecule has 18 heavy (non-hydrogen) atoms. The first-order chi connectivity index (χ1) is 8.92. The fraction of sp³-hybridized carbons (Fsp3) is 0.154. The van der Waals surface area contributed by atoms with Gasteiger partial charge in [0.25, 0.3) is 0 Å². The summed E-state index contributed by atoms with van der Waals surface area (Å²) in [4.78, 5) is 15.9. The highest BCUT2D eigenvalue weighted by Gasteiger charge is 2.27. The predicted octanol–water partition coefficient (Wildman–Crippen LogP) is 1.88. The molecule has 0 radical (unpaired) electrons. The Kier molecular flexibility index (Phi) is 1.88. The smallest absolute Gasteiger partial charge is 0.180 e. The fourth-order valence-corrected chi connectivity index (χ4v) is 2.33. The number of nitrogens with zero attached hydrogens (tertiary/aromatic N) is 3. The topological polar surface area (TPSA) is 63.7 Å². The molecule has 3 aromatic rings. The van der Waals surface area contributed by atoms with E-state index < -0.39 is 0 Å². The maximum atomic E-state index is 5.67. The van der Waals surface area contributed by atoms with Crippen molar-refractivity contribution in [1.29, 1.82) is 0 Å². The maximum Gasteiger partial charge on any atom is 0.180 e. The summed E-state index contributed by atoms with van der Waals surface area (Å²) in [7, 11) is 0. The molecule has 0 saturated carbocycles. The van der Waals surface area contributed by atoms with Crippen LogP contribution in [0.2, 0.25) is 0 Å². The van der Waals surface area contributed by atoms with Gasteiger partial charge in [-0.3, -0.25) is 0 Å². The molecule has 0 fully saturated rings. The predicted molar refractivity (Wildman–Crippen MR) is 65.5 cm³/mol. The van der Waals surface area contributed by atoms with E-state index >= 15 is 0 Å². The lowest BCUT2D eigenvalue weighted by molar-refractivity contribution is 0.340. The number of nitrogens with one attached hydrogen (secondary N) is 1. The highest BCUT2D eigenvalue weighted by atomic mass is 16.5. The lowest BCUT2D eigenvalue weighted by Gasteiger charge is -2.03. The Balaban J connectivity index is 1.85. The van der Waals surface area contributed by atoms with E-state index in [1.54, 1.807) is 6.20 Å². The number of H-pyrrole nitrogens is 1. The van der Waals surface area contributed by atoms with Crippen LogP contribution in [0.15, 0.2) is 36.8 Å². The number of benzene rings is 1. The maximum absolute atomic E-state index is 5.67. The Morgan fingerprint density at radius 1 is 1.28 bits per heavy atom. The summed E-state index contributed by atoms with van der Waals surface area (Å²) in [6.45, 7) is 0.618. The lowest BCUT2D eigenvalue weighted by Crippen LogP contribution is -2.04. The van der Waals surface area contributed by atoms with Gasteiger partial charge in [-0.15, -0.1) is 0 Å². The van der Waals surface area contributed by atoms with Gasteiger partial charge in [0, 0.05) is 5.56 Å². The summed E-state index contributed by atoms with van der Waals surface area (Å²) in [5.74, 6) is 1.97. The van der Waals surface area contributed by atoms with Crippen LogP contribution in [-0.4, -0.2) is 26.5 Å². The molecule has 1 aliphatic rings. The van der Waals surface area contributed by atoms with Gasteiger partial charge in [-0.25, -0.2) is 15.0 Å². The molecule has 0 bridgehead atoms. The van der Waals surface area contributed by atoms with Crippen molar-refractivity contribution in [3.05, 3.63) is 48.2 Å². The Morgan fingerprint density at radius 3 is 3.17 bits per heavy atom. The van der Waals surface area contributed by atoms with Gasteiger partial charge in [0.2, 0.25) is 0 Å². The first kappa shape index (κ1) is 9.58. The summed E-state index contributed by atoms with van der Waals surface area (Å²) in [6.07, 6.45) is 3.24. The molecule has 0 saturated heterocycles. The monoisotopic (exact) mass is 238 g/mol. The minimum absolute atomic E-state index is 0.149. The van der Waals surface area contributed by atoms with Crippen LogP contribution in [0, 0.1) is 0 Å². The fourth-order valence-electron chi connectivity index (χ4n) is 2.33. The number of hydrogen-bond donors (Lipinski definition) is 1. The highest BCUT2D eigenvalue weighted by molar-refractivity contribution is 5.69. The van der Waals surface area contributed by atoms with Crippen LogP contribution in [0.1, 0.15) is 17.3 Å². The molecule has 5 nitrogen and oxygen atoms in total. The van der Waals surface area contributed by atoms with E-state index in [1.807, 2.05) is 18.2 Å². The molecule has 88 valence electrons. The number of imidazole rings is 1. The van der Waals surface area contributed by atoms with E-state index in [2.05, 4.69) is 26.0 Å². The van der Waals surface area contributed by atoms with Gasteiger partial charge in [0.05, 0.1) is 12.1 Å². The molecule has 1 aromatic carbocycles. The first-order valence-corrected chi connectivity index (χ1v) is 5.79. The van der Waals surface area contributed by atoms with Crippen LogP contribution >= 0.6 is 0 Å². The Labute approximate surface area is 103 Å². The van der Waals surface area contributed by atoms with Crippen molar-refractivity contribution in [2.75, 3.05) is 6.61 Å². The molecule has 0 spiro atoms. The number of aromatic nitrogens is 4. The third-order valence-corrected chi connectivity index (χ3v) is 3.21. The van der Waals surface area contributed by atoms with Gasteiger partial charge >= 0.3 is 0 Å². The first-order valence-electron chi connectivity index (χ1n) is 5.79. The van der Waals surface area contributed by atoms with Gasteiger partial charge < -0.3 is 9.72 Å². The molecule has 4 rings (SSSR count). The largest absolute Gasteiger partial charge is 0.492 e. The molecule has 0 aliphatic carbocycles. The third-order valence-electron chi connectivity index (χ3n) is 3.21. The van der Waals surface area contributed by atoms with E-state index in [1.165, 1.54) is 11.9 Å². The Bertz CT molecular complexity index is 689. The molecule has 1 aliphatic heterocycles. The van der Waals surface area contributed by atoms with Gasteiger partial charge in [-0.1, -0.05) is 18.2 Å². The van der Waals surface area contributed by atoms with Crippen molar-refractivity contribution < 1.29 is 4.74 Å². The third kappa shape index (κ3) is 1.30. The summed E-state index contributed by atoms with van der Waals surface area (Å²) in [5.41, 5.74) is 2.73. The molecule has 2 aromatic heterocycles. The molecular formula is C13H10N4O. The van der Waals surface area contributed by atoms with Crippen molar-refractivity contribution in [1.82, 2.24) is 19.9 Å². The molecule has 1 atom stereocenters. The van der Waals surface area contributed by atoms with Gasteiger partial charge in [0.1, 0.15) is 30.0 Å². The number of hydrogen-bond acceptors (Lipinski definition) is 4. The van der Waals surface area contributed by atoms with Crippen LogP contribution in [0.25, 0.3) is 11.2 Å². The van der Waals surface area contributed by atoms with Crippen molar-refractivity contribution in [3.63, 3.8) is 0 Å². The second-order valence-corrected chi connectivity index (χ2v) is 4.28.